The summed E-state index contributed by atoms with van der Waals surface area (Å²) in [4.78, 5) is 9.18. The summed E-state index contributed by atoms with van der Waals surface area (Å²) in [6, 6.07) is 9.89. The van der Waals surface area contributed by atoms with Crippen LogP contribution in [0.15, 0.2) is 30.3 Å². The fourth-order valence-electron chi connectivity index (χ4n) is 2.65. The molecular weight excluding hydrogens is 266 g/mol. The van der Waals surface area contributed by atoms with Crippen molar-refractivity contribution in [2.24, 2.45) is 0 Å². The van der Waals surface area contributed by atoms with E-state index in [2.05, 4.69) is 9.97 Å². The van der Waals surface area contributed by atoms with Crippen LogP contribution in [0.3, 0.4) is 0 Å². The van der Waals surface area contributed by atoms with Crippen LogP contribution in [0.2, 0.25) is 0 Å². The van der Waals surface area contributed by atoms with Crippen LogP contribution >= 0.6 is 0 Å². The molecule has 3 aromatic rings. The fraction of sp³-hybridized carbons (Fsp3) is 0.250. The smallest absolute Gasteiger partial charge is 0.164 e. The van der Waals surface area contributed by atoms with Gasteiger partial charge in [-0.05, 0) is 38.1 Å². The average molecular weight is 281 g/mol. The summed E-state index contributed by atoms with van der Waals surface area (Å²) >= 11 is 0. The topological polar surface area (TPSA) is 49.2 Å². The van der Waals surface area contributed by atoms with Gasteiger partial charge in [-0.15, -0.1) is 0 Å². The van der Waals surface area contributed by atoms with Gasteiger partial charge in [-0.1, -0.05) is 0 Å². The third kappa shape index (κ3) is 1.93. The normalized spacial score (nSPS) is 13.6. The second-order valence-electron chi connectivity index (χ2n) is 5.12. The Bertz CT molecular complexity index is 839. The van der Waals surface area contributed by atoms with Gasteiger partial charge in [0.25, 0.3) is 0 Å². The predicted octanol–water partition coefficient (Wildman–Crippen LogP) is 2.81. The third-order valence-corrected chi connectivity index (χ3v) is 3.60. The Balaban J connectivity index is 1.93. The minimum atomic E-state index is 0.581. The van der Waals surface area contributed by atoms with Gasteiger partial charge in [0.15, 0.2) is 17.1 Å². The molecule has 2 aromatic heterocycles. The average Bonchev–Trinajstić information content (AvgIpc) is 2.82. The highest BCUT2D eigenvalue weighted by atomic mass is 16.6. The van der Waals surface area contributed by atoms with Crippen LogP contribution < -0.4 is 9.47 Å². The monoisotopic (exact) mass is 281 g/mol. The maximum absolute atomic E-state index is 5.66. The van der Waals surface area contributed by atoms with Crippen LogP contribution in [0.5, 0.6) is 11.5 Å². The van der Waals surface area contributed by atoms with E-state index in [1.54, 1.807) is 0 Å². The molecule has 5 heteroatoms. The molecule has 0 aliphatic carbocycles. The lowest BCUT2D eigenvalue weighted by Crippen LogP contribution is -2.15. The van der Waals surface area contributed by atoms with Crippen molar-refractivity contribution in [3.63, 3.8) is 0 Å². The van der Waals surface area contributed by atoms with Crippen molar-refractivity contribution in [1.82, 2.24) is 14.5 Å². The standard InChI is InChI=1S/C16H15N3O2/c1-10-3-5-13-16(17-10)19(11(2)18-13)12-4-6-14-15(9-12)21-8-7-20-14/h3-6,9H,7-8H2,1-2H3. The number of rotatable bonds is 1. The van der Waals surface area contributed by atoms with Gasteiger partial charge in [0.05, 0.1) is 5.69 Å². The zero-order chi connectivity index (χ0) is 14.4. The van der Waals surface area contributed by atoms with Crippen molar-refractivity contribution < 1.29 is 9.47 Å². The summed E-state index contributed by atoms with van der Waals surface area (Å²) < 4.78 is 13.3. The Labute approximate surface area is 122 Å². The molecule has 0 atom stereocenters. The SMILES string of the molecule is Cc1ccc2nc(C)n(-c3ccc4c(c3)OCCO4)c2n1. The van der Waals surface area contributed by atoms with Gasteiger partial charge in [0.1, 0.15) is 24.6 Å². The number of benzene rings is 1. The van der Waals surface area contributed by atoms with Crippen LogP contribution in [0, 0.1) is 13.8 Å². The maximum atomic E-state index is 5.66. The van der Waals surface area contributed by atoms with E-state index in [0.29, 0.717) is 13.2 Å². The molecule has 1 aliphatic heterocycles. The zero-order valence-electron chi connectivity index (χ0n) is 12.0. The molecule has 0 amide bonds. The van der Waals surface area contributed by atoms with Crippen LogP contribution in [-0.2, 0) is 0 Å². The van der Waals surface area contributed by atoms with Crippen molar-refractivity contribution in [2.75, 3.05) is 13.2 Å². The first-order chi connectivity index (χ1) is 10.2. The molecule has 0 spiro atoms. The fourth-order valence-corrected chi connectivity index (χ4v) is 2.65. The Morgan fingerprint density at radius 2 is 1.76 bits per heavy atom. The number of pyridine rings is 1. The second kappa shape index (κ2) is 4.48. The van der Waals surface area contributed by atoms with Gasteiger partial charge in [-0.2, -0.15) is 0 Å². The number of ether oxygens (including phenoxy) is 2. The molecule has 0 saturated carbocycles. The first kappa shape index (κ1) is 12.2. The molecule has 4 rings (SSSR count). The molecule has 21 heavy (non-hydrogen) atoms. The van der Waals surface area contributed by atoms with Gasteiger partial charge in [-0.3, -0.25) is 4.57 Å². The molecule has 0 N–H and O–H groups in total. The minimum Gasteiger partial charge on any atom is -0.486 e. The van der Waals surface area contributed by atoms with E-state index in [0.717, 1.165) is 39.9 Å². The largest absolute Gasteiger partial charge is 0.486 e. The molecule has 106 valence electrons. The number of hydrogen-bond donors (Lipinski definition) is 0. The maximum Gasteiger partial charge on any atom is 0.164 e. The Kier molecular flexibility index (Phi) is 2.60. The number of nitrogens with zero attached hydrogens (tertiary/aromatic N) is 3. The Morgan fingerprint density at radius 1 is 0.952 bits per heavy atom. The van der Waals surface area contributed by atoms with Gasteiger partial charge in [0.2, 0.25) is 0 Å². The predicted molar refractivity (Wildman–Crippen MR) is 79.3 cm³/mol. The molecule has 0 saturated heterocycles. The molecule has 0 fully saturated rings. The molecule has 3 heterocycles. The van der Waals surface area contributed by atoms with Crippen LogP contribution in [0.1, 0.15) is 11.5 Å². The van der Waals surface area contributed by atoms with Gasteiger partial charge in [-0.25, -0.2) is 9.97 Å². The third-order valence-electron chi connectivity index (χ3n) is 3.60. The van der Waals surface area contributed by atoms with Gasteiger partial charge in [0, 0.05) is 11.8 Å². The van der Waals surface area contributed by atoms with E-state index in [9.17, 15) is 0 Å². The van der Waals surface area contributed by atoms with Crippen molar-refractivity contribution in [3.8, 4) is 17.2 Å². The summed E-state index contributed by atoms with van der Waals surface area (Å²) in [5.41, 5.74) is 3.72. The first-order valence-corrected chi connectivity index (χ1v) is 6.95. The lowest BCUT2D eigenvalue weighted by atomic mass is 10.2. The van der Waals surface area contributed by atoms with Crippen molar-refractivity contribution in [1.29, 1.82) is 0 Å². The second-order valence-corrected chi connectivity index (χ2v) is 5.12. The number of imidazole rings is 1. The van der Waals surface area contributed by atoms with Crippen LogP contribution in [0.25, 0.3) is 16.9 Å². The minimum absolute atomic E-state index is 0.581. The van der Waals surface area contributed by atoms with Gasteiger partial charge < -0.3 is 9.47 Å². The molecule has 1 aromatic carbocycles. The summed E-state index contributed by atoms with van der Waals surface area (Å²) in [5, 5.41) is 0. The van der Waals surface area contributed by atoms with E-state index in [4.69, 9.17) is 9.47 Å². The number of aromatic nitrogens is 3. The van der Waals surface area contributed by atoms with Crippen LogP contribution in [-0.4, -0.2) is 27.7 Å². The number of hydrogen-bond acceptors (Lipinski definition) is 4. The van der Waals surface area contributed by atoms with Crippen molar-refractivity contribution >= 4 is 11.2 Å². The van der Waals surface area contributed by atoms with E-state index in [-0.39, 0.29) is 0 Å². The lowest BCUT2D eigenvalue weighted by Gasteiger charge is -2.19. The Hall–Kier alpha value is -2.56. The van der Waals surface area contributed by atoms with E-state index in [1.165, 1.54) is 0 Å². The van der Waals surface area contributed by atoms with Crippen molar-refractivity contribution in [3.05, 3.63) is 41.9 Å². The first-order valence-electron chi connectivity index (χ1n) is 6.95. The number of aryl methyl sites for hydroxylation is 2. The summed E-state index contributed by atoms with van der Waals surface area (Å²) in [6.45, 7) is 5.14. The lowest BCUT2D eigenvalue weighted by molar-refractivity contribution is 0.171. The summed E-state index contributed by atoms with van der Waals surface area (Å²) in [5.74, 6) is 2.46. The molecule has 0 unspecified atom stereocenters. The van der Waals surface area contributed by atoms with Gasteiger partial charge >= 0.3 is 0 Å². The zero-order valence-corrected chi connectivity index (χ0v) is 12.0. The molecule has 5 nitrogen and oxygen atoms in total. The molecule has 0 bridgehead atoms. The van der Waals surface area contributed by atoms with Crippen LogP contribution in [0.4, 0.5) is 0 Å². The summed E-state index contributed by atoms with van der Waals surface area (Å²) in [6.07, 6.45) is 0. The molecular formula is C16H15N3O2. The number of fused-ring (bicyclic) bond motifs is 2. The highest BCUT2D eigenvalue weighted by Gasteiger charge is 2.15. The molecule has 1 aliphatic rings. The van der Waals surface area contributed by atoms with E-state index < -0.39 is 0 Å². The highest BCUT2D eigenvalue weighted by Crippen LogP contribution is 2.33. The summed E-state index contributed by atoms with van der Waals surface area (Å²) in [7, 11) is 0. The quantitative estimate of drug-likeness (QED) is 0.688. The van der Waals surface area contributed by atoms with Crippen molar-refractivity contribution in [2.45, 2.75) is 13.8 Å². The molecule has 0 radical (unpaired) electrons. The van der Waals surface area contributed by atoms with E-state index in [1.807, 2.05) is 48.7 Å². The highest BCUT2D eigenvalue weighted by molar-refractivity contribution is 5.74. The van der Waals surface area contributed by atoms with E-state index >= 15 is 0 Å². The Morgan fingerprint density at radius 3 is 2.62 bits per heavy atom.